The first-order valence-corrected chi connectivity index (χ1v) is 8.73. The lowest BCUT2D eigenvalue weighted by Gasteiger charge is -2.18. The lowest BCUT2D eigenvalue weighted by molar-refractivity contribution is 0.172. The first kappa shape index (κ1) is 16.0. The number of benzene rings is 2. The van der Waals surface area contributed by atoms with Gasteiger partial charge in [0.25, 0.3) is 0 Å². The number of aryl methyl sites for hydroxylation is 1. The molecule has 1 aromatic heterocycles. The van der Waals surface area contributed by atoms with Gasteiger partial charge in [-0.2, -0.15) is 0 Å². The molecule has 0 aliphatic carbocycles. The van der Waals surface area contributed by atoms with Crippen LogP contribution < -0.4 is 14.8 Å². The first-order valence-electron chi connectivity index (χ1n) is 8.73. The van der Waals surface area contributed by atoms with Crippen LogP contribution in [0.2, 0.25) is 0 Å². The third-order valence-electron chi connectivity index (χ3n) is 4.55. The van der Waals surface area contributed by atoms with Crippen molar-refractivity contribution in [2.75, 3.05) is 26.8 Å². The molecule has 5 heteroatoms. The molecule has 0 amide bonds. The second kappa shape index (κ2) is 6.76. The van der Waals surface area contributed by atoms with Crippen LogP contribution in [0.4, 0.5) is 0 Å². The number of hydrogen-bond acceptors (Lipinski definition) is 4. The van der Waals surface area contributed by atoms with Crippen LogP contribution in [-0.2, 0) is 13.0 Å². The van der Waals surface area contributed by atoms with Crippen LogP contribution in [0, 0.1) is 6.92 Å². The molecule has 0 unspecified atom stereocenters. The Morgan fingerprint density at radius 1 is 1.08 bits per heavy atom. The molecule has 2 heterocycles. The van der Waals surface area contributed by atoms with Crippen LogP contribution in [-0.4, -0.2) is 36.4 Å². The predicted octanol–water partition coefficient (Wildman–Crippen LogP) is 2.93. The van der Waals surface area contributed by atoms with Gasteiger partial charge < -0.3 is 19.4 Å². The third kappa shape index (κ3) is 3.20. The summed E-state index contributed by atoms with van der Waals surface area (Å²) in [6.07, 6.45) is 0.878. The lowest BCUT2D eigenvalue weighted by atomic mass is 10.1. The summed E-state index contributed by atoms with van der Waals surface area (Å²) in [7, 11) is 1.97. The van der Waals surface area contributed by atoms with Gasteiger partial charge in [0.1, 0.15) is 19.0 Å². The zero-order valence-electron chi connectivity index (χ0n) is 14.7. The normalized spacial score (nSPS) is 13.4. The van der Waals surface area contributed by atoms with E-state index in [1.54, 1.807) is 0 Å². The monoisotopic (exact) mass is 337 g/mol. The van der Waals surface area contributed by atoms with E-state index in [0.717, 1.165) is 47.9 Å². The van der Waals surface area contributed by atoms with E-state index in [4.69, 9.17) is 14.5 Å². The van der Waals surface area contributed by atoms with E-state index < -0.39 is 0 Å². The first-order chi connectivity index (χ1) is 12.2. The fourth-order valence-corrected chi connectivity index (χ4v) is 3.19. The summed E-state index contributed by atoms with van der Waals surface area (Å²) in [5.74, 6) is 2.68. The topological polar surface area (TPSA) is 48.3 Å². The molecule has 2 aromatic carbocycles. The Balaban J connectivity index is 1.78. The van der Waals surface area contributed by atoms with Crippen molar-refractivity contribution in [3.8, 4) is 11.5 Å². The van der Waals surface area contributed by atoms with E-state index in [0.29, 0.717) is 13.2 Å². The Bertz CT molecular complexity index is 884. The number of fused-ring (bicyclic) bond motifs is 2. The Morgan fingerprint density at radius 3 is 2.52 bits per heavy atom. The van der Waals surface area contributed by atoms with Crippen molar-refractivity contribution in [2.24, 2.45) is 0 Å². The maximum atomic E-state index is 5.76. The zero-order valence-corrected chi connectivity index (χ0v) is 14.7. The number of nitrogens with zero attached hydrogens (tertiary/aromatic N) is 2. The Labute approximate surface area is 147 Å². The molecule has 0 atom stereocenters. The summed E-state index contributed by atoms with van der Waals surface area (Å²) in [5.41, 5.74) is 4.60. The molecule has 0 radical (unpaired) electrons. The van der Waals surface area contributed by atoms with Gasteiger partial charge in [-0.3, -0.25) is 0 Å². The molecule has 0 fully saturated rings. The number of aromatic nitrogens is 2. The highest BCUT2D eigenvalue weighted by Crippen LogP contribution is 2.35. The summed E-state index contributed by atoms with van der Waals surface area (Å²) in [5, 5.41) is 3.21. The lowest BCUT2D eigenvalue weighted by Crippen LogP contribution is -2.15. The smallest absolute Gasteiger partial charge is 0.163 e. The van der Waals surface area contributed by atoms with Gasteiger partial charge >= 0.3 is 0 Å². The SMILES string of the molecule is CNCCc1nc2cc3c(cc2n1Cc1ccc(C)cc1)OCCO3. The van der Waals surface area contributed by atoms with Gasteiger partial charge in [0.15, 0.2) is 11.5 Å². The van der Waals surface area contributed by atoms with Crippen molar-refractivity contribution in [1.82, 2.24) is 14.9 Å². The highest BCUT2D eigenvalue weighted by atomic mass is 16.6. The van der Waals surface area contributed by atoms with Gasteiger partial charge in [-0.1, -0.05) is 29.8 Å². The van der Waals surface area contributed by atoms with Gasteiger partial charge in [-0.15, -0.1) is 0 Å². The van der Waals surface area contributed by atoms with E-state index in [1.165, 1.54) is 11.1 Å². The highest BCUT2D eigenvalue weighted by molar-refractivity contribution is 5.81. The minimum atomic E-state index is 0.592. The molecular formula is C20H23N3O2. The van der Waals surface area contributed by atoms with Crippen molar-refractivity contribution < 1.29 is 9.47 Å². The Morgan fingerprint density at radius 2 is 1.80 bits per heavy atom. The minimum Gasteiger partial charge on any atom is -0.486 e. The average Bonchev–Trinajstić information content (AvgIpc) is 2.96. The quantitative estimate of drug-likeness (QED) is 0.778. The second-order valence-electron chi connectivity index (χ2n) is 6.44. The zero-order chi connectivity index (χ0) is 17.2. The molecule has 0 bridgehead atoms. The van der Waals surface area contributed by atoms with Crippen LogP contribution in [0.15, 0.2) is 36.4 Å². The van der Waals surface area contributed by atoms with E-state index in [1.807, 2.05) is 13.1 Å². The Hall–Kier alpha value is -2.53. The summed E-state index contributed by atoms with van der Waals surface area (Å²) < 4.78 is 13.8. The average molecular weight is 337 g/mol. The van der Waals surface area contributed by atoms with Crippen LogP contribution in [0.5, 0.6) is 11.5 Å². The molecule has 4 rings (SSSR count). The van der Waals surface area contributed by atoms with Crippen LogP contribution in [0.3, 0.4) is 0 Å². The van der Waals surface area contributed by atoms with Crippen LogP contribution in [0.25, 0.3) is 11.0 Å². The highest BCUT2D eigenvalue weighted by Gasteiger charge is 2.18. The molecule has 0 spiro atoms. The molecule has 130 valence electrons. The number of imidazole rings is 1. The van der Waals surface area contributed by atoms with Crippen molar-refractivity contribution in [3.63, 3.8) is 0 Å². The maximum absolute atomic E-state index is 5.76. The van der Waals surface area contributed by atoms with Gasteiger partial charge in [-0.25, -0.2) is 4.98 Å². The number of likely N-dealkylation sites (N-methyl/N-ethyl adjacent to an activating group) is 1. The van der Waals surface area contributed by atoms with E-state index in [9.17, 15) is 0 Å². The summed E-state index contributed by atoms with van der Waals surface area (Å²) in [6.45, 7) is 4.99. The molecule has 3 aromatic rings. The van der Waals surface area contributed by atoms with Crippen molar-refractivity contribution in [1.29, 1.82) is 0 Å². The molecule has 5 nitrogen and oxygen atoms in total. The van der Waals surface area contributed by atoms with Crippen LogP contribution in [0.1, 0.15) is 17.0 Å². The van der Waals surface area contributed by atoms with Gasteiger partial charge in [0.05, 0.1) is 11.0 Å². The molecule has 0 saturated heterocycles. The van der Waals surface area contributed by atoms with Crippen molar-refractivity contribution in [3.05, 3.63) is 53.3 Å². The van der Waals surface area contributed by atoms with Gasteiger partial charge in [0.2, 0.25) is 0 Å². The minimum absolute atomic E-state index is 0.592. The van der Waals surface area contributed by atoms with Gasteiger partial charge in [0, 0.05) is 31.6 Å². The summed E-state index contributed by atoms with van der Waals surface area (Å²) in [6, 6.07) is 12.7. The van der Waals surface area contributed by atoms with Crippen molar-refractivity contribution in [2.45, 2.75) is 19.9 Å². The van der Waals surface area contributed by atoms with Crippen LogP contribution >= 0.6 is 0 Å². The number of nitrogens with one attached hydrogen (secondary N) is 1. The standard InChI is InChI=1S/C20H23N3O2/c1-14-3-5-15(6-4-14)13-23-17-12-19-18(24-9-10-25-19)11-16(17)22-20(23)7-8-21-2/h3-6,11-12,21H,7-10,13H2,1-2H3. The predicted molar refractivity (Wildman–Crippen MR) is 98.6 cm³/mol. The maximum Gasteiger partial charge on any atom is 0.163 e. The van der Waals surface area contributed by atoms with E-state index in [2.05, 4.69) is 47.1 Å². The molecular weight excluding hydrogens is 314 g/mol. The van der Waals surface area contributed by atoms with E-state index >= 15 is 0 Å². The molecule has 1 aliphatic rings. The molecule has 0 saturated carbocycles. The fourth-order valence-electron chi connectivity index (χ4n) is 3.19. The number of hydrogen-bond donors (Lipinski definition) is 1. The van der Waals surface area contributed by atoms with Gasteiger partial charge in [-0.05, 0) is 19.5 Å². The summed E-state index contributed by atoms with van der Waals surface area (Å²) >= 11 is 0. The molecule has 25 heavy (non-hydrogen) atoms. The number of ether oxygens (including phenoxy) is 2. The second-order valence-corrected chi connectivity index (χ2v) is 6.44. The third-order valence-corrected chi connectivity index (χ3v) is 4.55. The fraction of sp³-hybridized carbons (Fsp3) is 0.350. The number of rotatable bonds is 5. The largest absolute Gasteiger partial charge is 0.486 e. The van der Waals surface area contributed by atoms with E-state index in [-0.39, 0.29) is 0 Å². The molecule has 1 aliphatic heterocycles. The summed E-state index contributed by atoms with van der Waals surface area (Å²) in [4.78, 5) is 4.86. The van der Waals surface area contributed by atoms with Crippen molar-refractivity contribution >= 4 is 11.0 Å². The molecule has 1 N–H and O–H groups in total. The Kier molecular flexibility index (Phi) is 4.32.